The van der Waals surface area contributed by atoms with Crippen LogP contribution in [0.2, 0.25) is 0 Å². The number of hydrogen-bond donors (Lipinski definition) is 0. The largest absolute Gasteiger partial charge is 0.481 e. The summed E-state index contributed by atoms with van der Waals surface area (Å²) in [6.45, 7) is 15.9. The van der Waals surface area contributed by atoms with Gasteiger partial charge in [-0.1, -0.05) is 0 Å². The topological polar surface area (TPSA) is 130 Å². The molecule has 0 aliphatic carbocycles. The first-order chi connectivity index (χ1) is 19.8. The molecule has 12 heteroatoms. The second-order valence-corrected chi connectivity index (χ2v) is 12.7. The Kier molecular flexibility index (Phi) is 7.66. The molecule has 0 aromatic carbocycles. The van der Waals surface area contributed by atoms with Gasteiger partial charge in [-0.3, -0.25) is 0 Å². The van der Waals surface area contributed by atoms with Crippen molar-refractivity contribution in [3.8, 4) is 11.8 Å². The highest BCUT2D eigenvalue weighted by molar-refractivity contribution is 5.99. The van der Waals surface area contributed by atoms with Gasteiger partial charge < -0.3 is 28.7 Å². The van der Waals surface area contributed by atoms with Crippen LogP contribution in [0.5, 0.6) is 5.75 Å². The molecular weight excluding hydrogens is 540 g/mol. The Bertz CT molecular complexity index is 1410. The van der Waals surface area contributed by atoms with Crippen LogP contribution in [0, 0.1) is 11.3 Å². The van der Waals surface area contributed by atoms with E-state index >= 15 is 0 Å². The number of carbonyl (C=O) groups excluding carboxylic acids is 2. The van der Waals surface area contributed by atoms with Gasteiger partial charge in [0.05, 0.1) is 24.5 Å². The maximum Gasteiger partial charge on any atom is 0.420 e. The molecule has 3 aliphatic rings. The highest BCUT2D eigenvalue weighted by atomic mass is 16.6. The van der Waals surface area contributed by atoms with Gasteiger partial charge in [-0.05, 0) is 60.6 Å². The third-order valence-electron chi connectivity index (χ3n) is 7.06. The van der Waals surface area contributed by atoms with E-state index < -0.39 is 29.5 Å². The monoisotopic (exact) mass is 578 g/mol. The zero-order chi connectivity index (χ0) is 30.4. The Labute approximate surface area is 246 Å². The van der Waals surface area contributed by atoms with Gasteiger partial charge in [0.1, 0.15) is 29.1 Å². The molecule has 42 heavy (non-hydrogen) atoms. The molecule has 0 spiro atoms. The van der Waals surface area contributed by atoms with Crippen LogP contribution in [0.3, 0.4) is 0 Å². The van der Waals surface area contributed by atoms with Gasteiger partial charge in [0.2, 0.25) is 0 Å². The molecule has 0 bridgehead atoms. The average Bonchev–Trinajstić information content (AvgIpc) is 2.99. The van der Waals surface area contributed by atoms with E-state index in [1.165, 1.54) is 4.90 Å². The van der Waals surface area contributed by atoms with E-state index in [0.717, 1.165) is 5.69 Å². The van der Waals surface area contributed by atoms with Crippen LogP contribution in [0.25, 0.3) is 0 Å². The summed E-state index contributed by atoms with van der Waals surface area (Å²) in [5.74, 6) is 0.376. The van der Waals surface area contributed by atoms with Gasteiger partial charge in [-0.15, -0.1) is 0 Å². The lowest BCUT2D eigenvalue weighted by atomic mass is 9.95. The Morgan fingerprint density at radius 3 is 2.29 bits per heavy atom. The number of carbonyl (C=O) groups is 2. The Hall–Kier alpha value is -4.11. The molecule has 1 atom stereocenters. The van der Waals surface area contributed by atoms with Crippen LogP contribution < -0.4 is 14.5 Å². The number of fused-ring (bicyclic) bond motifs is 2. The van der Waals surface area contributed by atoms with Crippen molar-refractivity contribution in [2.45, 2.75) is 71.7 Å². The number of ether oxygens (including phenoxy) is 4. The van der Waals surface area contributed by atoms with Crippen molar-refractivity contribution in [1.82, 2.24) is 14.9 Å². The minimum atomic E-state index is -0.798. The molecule has 2 fully saturated rings. The molecule has 2 aromatic rings. The molecule has 0 saturated carbocycles. The van der Waals surface area contributed by atoms with Crippen molar-refractivity contribution in [3.05, 3.63) is 35.3 Å². The number of amides is 2. The molecule has 3 aliphatic heterocycles. The second kappa shape index (κ2) is 10.9. The fourth-order valence-electron chi connectivity index (χ4n) is 5.19. The standard InChI is InChI=1S/C30H38N6O6/c1-18-24-22(34-10-12-39-13-11-34)8-9-32-26(24)36(28(38)42-30(5,6)7)23-14-20(33-21(15-31)25(23)40-18)19-16-35(17-19)27(37)41-29(2,3)4/h8-9,14,18-19H,10-13,16-17H2,1-7H3. The molecule has 12 nitrogen and oxygen atoms in total. The highest BCUT2D eigenvalue weighted by Gasteiger charge is 2.41. The summed E-state index contributed by atoms with van der Waals surface area (Å²) in [5, 5.41) is 10.2. The number of morpholine rings is 1. The molecule has 5 heterocycles. The third-order valence-corrected chi connectivity index (χ3v) is 7.06. The van der Waals surface area contributed by atoms with Crippen molar-refractivity contribution >= 4 is 29.4 Å². The zero-order valence-electron chi connectivity index (χ0n) is 25.3. The summed E-state index contributed by atoms with van der Waals surface area (Å²) in [4.78, 5) is 40.9. The number of aromatic nitrogens is 2. The van der Waals surface area contributed by atoms with Gasteiger partial charge in [0.25, 0.3) is 0 Å². The number of nitriles is 1. The molecule has 0 N–H and O–H groups in total. The predicted molar refractivity (Wildman–Crippen MR) is 154 cm³/mol. The van der Waals surface area contributed by atoms with Crippen LogP contribution in [0.1, 0.15) is 77.4 Å². The molecule has 2 amide bonds. The number of likely N-dealkylation sites (tertiary alicyclic amines) is 1. The Morgan fingerprint density at radius 1 is 1.02 bits per heavy atom. The average molecular weight is 579 g/mol. The summed E-state index contributed by atoms with van der Waals surface area (Å²) in [7, 11) is 0. The van der Waals surface area contributed by atoms with Gasteiger partial charge >= 0.3 is 12.2 Å². The smallest absolute Gasteiger partial charge is 0.420 e. The van der Waals surface area contributed by atoms with E-state index in [9.17, 15) is 14.9 Å². The van der Waals surface area contributed by atoms with Gasteiger partial charge in [-0.2, -0.15) is 5.26 Å². The van der Waals surface area contributed by atoms with E-state index in [-0.39, 0.29) is 17.4 Å². The fraction of sp³-hybridized carbons (Fsp3) is 0.567. The summed E-state index contributed by atoms with van der Waals surface area (Å²) in [5.41, 5.74) is 1.08. The van der Waals surface area contributed by atoms with E-state index in [1.54, 1.807) is 37.9 Å². The zero-order valence-corrected chi connectivity index (χ0v) is 25.3. The third kappa shape index (κ3) is 5.92. The van der Waals surface area contributed by atoms with Crippen LogP contribution in [0.4, 0.5) is 26.8 Å². The van der Waals surface area contributed by atoms with Crippen LogP contribution in [-0.2, 0) is 14.2 Å². The number of hydrogen-bond acceptors (Lipinski definition) is 10. The SMILES string of the molecule is CC1Oc2c(cc(C3CN(C(=O)OC(C)(C)C)C3)nc2C#N)N(C(=O)OC(C)(C)C)c2nccc(N3CCOCC3)c21. The molecule has 0 radical (unpaired) electrons. The second-order valence-electron chi connectivity index (χ2n) is 12.7. The van der Waals surface area contributed by atoms with Gasteiger partial charge in [0, 0.05) is 44.0 Å². The molecule has 224 valence electrons. The number of anilines is 3. The van der Waals surface area contributed by atoms with Crippen LogP contribution in [0.15, 0.2) is 18.3 Å². The van der Waals surface area contributed by atoms with E-state index in [0.29, 0.717) is 62.2 Å². The Balaban J connectivity index is 1.59. The summed E-state index contributed by atoms with van der Waals surface area (Å²) >= 11 is 0. The van der Waals surface area contributed by atoms with Crippen molar-refractivity contribution < 1.29 is 28.5 Å². The van der Waals surface area contributed by atoms with E-state index in [1.807, 2.05) is 33.8 Å². The maximum absolute atomic E-state index is 13.9. The minimum Gasteiger partial charge on any atom is -0.481 e. The first kappa shape index (κ1) is 29.4. The number of nitrogens with zero attached hydrogens (tertiary/aromatic N) is 6. The first-order valence-corrected chi connectivity index (χ1v) is 14.2. The quantitative estimate of drug-likeness (QED) is 0.477. The highest BCUT2D eigenvalue weighted by Crippen LogP contribution is 2.48. The first-order valence-electron chi connectivity index (χ1n) is 14.2. The normalized spacial score (nSPS) is 19.0. The predicted octanol–water partition coefficient (Wildman–Crippen LogP) is 5.05. The van der Waals surface area contributed by atoms with E-state index in [2.05, 4.69) is 20.9 Å². The number of rotatable bonds is 2. The van der Waals surface area contributed by atoms with Gasteiger partial charge in [0.15, 0.2) is 17.3 Å². The Morgan fingerprint density at radius 2 is 1.67 bits per heavy atom. The fourth-order valence-corrected chi connectivity index (χ4v) is 5.19. The molecule has 2 aromatic heterocycles. The maximum atomic E-state index is 13.9. The van der Waals surface area contributed by atoms with Crippen molar-refractivity contribution in [2.75, 3.05) is 49.2 Å². The molecule has 5 rings (SSSR count). The van der Waals surface area contributed by atoms with E-state index in [4.69, 9.17) is 18.9 Å². The minimum absolute atomic E-state index is 0.0411. The molecular formula is C30H38N6O6. The summed E-state index contributed by atoms with van der Waals surface area (Å²) < 4.78 is 23.3. The summed E-state index contributed by atoms with van der Waals surface area (Å²) in [6, 6.07) is 5.80. The molecule has 2 saturated heterocycles. The van der Waals surface area contributed by atoms with Crippen LogP contribution >= 0.6 is 0 Å². The number of pyridine rings is 2. The molecule has 1 unspecified atom stereocenters. The lowest BCUT2D eigenvalue weighted by Gasteiger charge is -2.39. The lowest BCUT2D eigenvalue weighted by Crippen LogP contribution is -2.50. The lowest BCUT2D eigenvalue weighted by molar-refractivity contribution is 0.00785. The van der Waals surface area contributed by atoms with Gasteiger partial charge in [-0.25, -0.2) is 24.5 Å². The van der Waals surface area contributed by atoms with Crippen LogP contribution in [-0.4, -0.2) is 77.6 Å². The van der Waals surface area contributed by atoms with Crippen molar-refractivity contribution in [3.63, 3.8) is 0 Å². The summed E-state index contributed by atoms with van der Waals surface area (Å²) in [6.07, 6.45) is 0.0370. The van der Waals surface area contributed by atoms with Crippen molar-refractivity contribution in [1.29, 1.82) is 5.26 Å². The van der Waals surface area contributed by atoms with Crippen molar-refractivity contribution in [2.24, 2.45) is 0 Å².